The Bertz CT molecular complexity index is 1290. The van der Waals surface area contributed by atoms with Crippen LogP contribution in [0.25, 0.3) is 17.1 Å². The third kappa shape index (κ3) is 4.51. The zero-order valence-corrected chi connectivity index (χ0v) is 19.8. The van der Waals surface area contributed by atoms with Crippen LogP contribution < -0.4 is 5.32 Å². The number of benzene rings is 3. The summed E-state index contributed by atoms with van der Waals surface area (Å²) in [6.07, 6.45) is 0. The number of nitrogens with one attached hydrogen (secondary N) is 1. The largest absolute Gasteiger partial charge is 0.319 e. The van der Waals surface area contributed by atoms with Gasteiger partial charge in [-0.1, -0.05) is 63.4 Å². The molecule has 4 aromatic rings. The molecule has 156 valence electrons. The van der Waals surface area contributed by atoms with Crippen molar-refractivity contribution in [3.63, 3.8) is 0 Å². The lowest BCUT2D eigenvalue weighted by Gasteiger charge is -2.10. The minimum Gasteiger partial charge on any atom is -0.319 e. The molecule has 4 rings (SSSR count). The summed E-state index contributed by atoms with van der Waals surface area (Å²) in [5.41, 5.74) is 3.89. The van der Waals surface area contributed by atoms with Gasteiger partial charge in [-0.15, -0.1) is 5.10 Å². The number of carbonyl (C=O) groups excluding carboxylic acids is 1. The van der Waals surface area contributed by atoms with Crippen LogP contribution in [0.4, 0.5) is 5.69 Å². The fraction of sp³-hybridized carbons (Fsp3) is 0.0870. The van der Waals surface area contributed by atoms with Gasteiger partial charge in [-0.3, -0.25) is 4.79 Å². The van der Waals surface area contributed by atoms with Crippen molar-refractivity contribution in [3.05, 3.63) is 92.1 Å². The number of nitrogens with zero attached hydrogens (tertiary/aromatic N) is 3. The molecule has 0 radical (unpaired) electrons. The van der Waals surface area contributed by atoms with Crippen LogP contribution in [-0.4, -0.2) is 20.7 Å². The molecule has 0 saturated carbocycles. The lowest BCUT2D eigenvalue weighted by molar-refractivity contribution is 0.101. The van der Waals surface area contributed by atoms with Gasteiger partial charge in [0, 0.05) is 25.8 Å². The van der Waals surface area contributed by atoms with Crippen LogP contribution in [-0.2, 0) is 0 Å². The summed E-state index contributed by atoms with van der Waals surface area (Å²) in [7, 11) is 0. The lowest BCUT2D eigenvalue weighted by atomic mass is 10.1. The van der Waals surface area contributed by atoms with Crippen LogP contribution in [0.3, 0.4) is 0 Å². The van der Waals surface area contributed by atoms with E-state index in [1.165, 1.54) is 0 Å². The van der Waals surface area contributed by atoms with Gasteiger partial charge in [0.2, 0.25) is 5.82 Å². The van der Waals surface area contributed by atoms with E-state index in [4.69, 9.17) is 23.2 Å². The van der Waals surface area contributed by atoms with Crippen LogP contribution in [0.5, 0.6) is 0 Å². The van der Waals surface area contributed by atoms with Gasteiger partial charge in [-0.25, -0.2) is 9.67 Å². The van der Waals surface area contributed by atoms with Crippen molar-refractivity contribution in [1.29, 1.82) is 0 Å². The Hall–Kier alpha value is -2.67. The van der Waals surface area contributed by atoms with Gasteiger partial charge in [-0.2, -0.15) is 0 Å². The topological polar surface area (TPSA) is 59.8 Å². The van der Waals surface area contributed by atoms with Gasteiger partial charge in [0.05, 0.1) is 5.69 Å². The number of halogens is 3. The molecule has 0 aliphatic carbocycles. The second kappa shape index (κ2) is 8.83. The second-order valence-corrected chi connectivity index (χ2v) is 8.71. The van der Waals surface area contributed by atoms with E-state index >= 15 is 0 Å². The van der Waals surface area contributed by atoms with Gasteiger partial charge in [0.25, 0.3) is 5.91 Å². The van der Waals surface area contributed by atoms with E-state index in [0.29, 0.717) is 21.6 Å². The molecular formula is C23H17BrCl2N4O. The molecule has 5 nitrogen and oxygen atoms in total. The molecule has 0 atom stereocenters. The highest BCUT2D eigenvalue weighted by Crippen LogP contribution is 2.28. The molecule has 0 bridgehead atoms. The minimum atomic E-state index is -0.434. The lowest BCUT2D eigenvalue weighted by Crippen LogP contribution is -2.14. The number of amides is 1. The summed E-state index contributed by atoms with van der Waals surface area (Å²) in [6, 6.07) is 18.5. The van der Waals surface area contributed by atoms with Gasteiger partial charge >= 0.3 is 0 Å². The molecule has 1 amide bonds. The van der Waals surface area contributed by atoms with Crippen molar-refractivity contribution in [2.45, 2.75) is 13.8 Å². The van der Waals surface area contributed by atoms with E-state index in [9.17, 15) is 4.79 Å². The Balaban J connectivity index is 1.79. The van der Waals surface area contributed by atoms with Crippen molar-refractivity contribution >= 4 is 50.7 Å². The van der Waals surface area contributed by atoms with Gasteiger partial charge in [-0.05, 0) is 61.4 Å². The Morgan fingerprint density at radius 2 is 1.74 bits per heavy atom. The molecule has 8 heteroatoms. The number of anilines is 1. The maximum atomic E-state index is 12.9. The maximum absolute atomic E-state index is 12.9. The molecule has 0 aliphatic rings. The first kappa shape index (κ1) is 21.6. The van der Waals surface area contributed by atoms with Crippen molar-refractivity contribution in [2.24, 2.45) is 0 Å². The van der Waals surface area contributed by atoms with Gasteiger partial charge < -0.3 is 5.32 Å². The monoisotopic (exact) mass is 514 g/mol. The summed E-state index contributed by atoms with van der Waals surface area (Å²) < 4.78 is 2.58. The maximum Gasteiger partial charge on any atom is 0.295 e. The molecule has 31 heavy (non-hydrogen) atoms. The molecule has 0 aliphatic heterocycles. The standard InChI is InChI=1S/C23H17BrCl2N4O/c1-13-6-11-17(12-19(13)26)27-23(31)21-28-22(15-7-9-16(24)10-8-15)30(29-21)20-5-3-4-18(25)14(20)2/h3-12H,1-2H3,(H,27,31). The average molecular weight is 516 g/mol. The third-order valence-corrected chi connectivity index (χ3v) is 6.15. The molecular weight excluding hydrogens is 499 g/mol. The SMILES string of the molecule is Cc1ccc(NC(=O)c2nc(-c3ccc(Br)cc3)n(-c3cccc(Cl)c3C)n2)cc1Cl. The van der Waals surface area contributed by atoms with Crippen molar-refractivity contribution in [3.8, 4) is 17.1 Å². The van der Waals surface area contributed by atoms with E-state index < -0.39 is 5.91 Å². The van der Waals surface area contributed by atoms with E-state index in [1.54, 1.807) is 16.8 Å². The van der Waals surface area contributed by atoms with Crippen molar-refractivity contribution in [1.82, 2.24) is 14.8 Å². The normalized spacial score (nSPS) is 10.9. The summed E-state index contributed by atoms with van der Waals surface area (Å²) in [6.45, 7) is 3.80. The number of hydrogen-bond donors (Lipinski definition) is 1. The Labute approximate surface area is 198 Å². The van der Waals surface area contributed by atoms with Gasteiger partial charge in [0.1, 0.15) is 0 Å². The highest BCUT2D eigenvalue weighted by molar-refractivity contribution is 9.10. The fourth-order valence-electron chi connectivity index (χ4n) is 3.05. The van der Waals surface area contributed by atoms with Crippen LogP contribution in [0.2, 0.25) is 10.0 Å². The molecule has 0 fully saturated rings. The zero-order chi connectivity index (χ0) is 22.1. The van der Waals surface area contributed by atoms with E-state index in [-0.39, 0.29) is 5.82 Å². The molecule has 0 unspecified atom stereocenters. The van der Waals surface area contributed by atoms with Crippen LogP contribution in [0, 0.1) is 13.8 Å². The Kier molecular flexibility index (Phi) is 6.14. The summed E-state index contributed by atoms with van der Waals surface area (Å²) in [4.78, 5) is 17.5. The molecule has 1 N–H and O–H groups in total. The predicted molar refractivity (Wildman–Crippen MR) is 128 cm³/mol. The molecule has 0 saturated heterocycles. The Morgan fingerprint density at radius 1 is 1.00 bits per heavy atom. The molecule has 1 aromatic heterocycles. The molecule has 3 aromatic carbocycles. The number of carbonyl (C=O) groups is 1. The summed E-state index contributed by atoms with van der Waals surface area (Å²) >= 11 is 15.9. The fourth-order valence-corrected chi connectivity index (χ4v) is 3.66. The van der Waals surface area contributed by atoms with Crippen molar-refractivity contribution < 1.29 is 4.79 Å². The van der Waals surface area contributed by atoms with E-state index in [0.717, 1.165) is 26.9 Å². The van der Waals surface area contributed by atoms with Crippen LogP contribution in [0.1, 0.15) is 21.7 Å². The van der Waals surface area contributed by atoms with Crippen LogP contribution in [0.15, 0.2) is 65.1 Å². The quantitative estimate of drug-likeness (QED) is 0.322. The highest BCUT2D eigenvalue weighted by Gasteiger charge is 2.20. The first-order valence-corrected chi connectivity index (χ1v) is 10.9. The van der Waals surface area contributed by atoms with E-state index in [1.807, 2.05) is 62.4 Å². The Morgan fingerprint density at radius 3 is 2.45 bits per heavy atom. The van der Waals surface area contributed by atoms with E-state index in [2.05, 4.69) is 31.3 Å². The smallest absolute Gasteiger partial charge is 0.295 e. The number of rotatable bonds is 4. The molecule has 0 spiro atoms. The first-order valence-electron chi connectivity index (χ1n) is 9.39. The second-order valence-electron chi connectivity index (χ2n) is 6.98. The highest BCUT2D eigenvalue weighted by atomic mass is 79.9. The van der Waals surface area contributed by atoms with Crippen molar-refractivity contribution in [2.75, 3.05) is 5.32 Å². The third-order valence-electron chi connectivity index (χ3n) is 4.81. The van der Waals surface area contributed by atoms with Gasteiger partial charge in [0.15, 0.2) is 5.82 Å². The summed E-state index contributed by atoms with van der Waals surface area (Å²) in [5.74, 6) is 0.135. The summed E-state index contributed by atoms with van der Waals surface area (Å²) in [5, 5.41) is 8.49. The molecule has 1 heterocycles. The number of hydrogen-bond acceptors (Lipinski definition) is 3. The predicted octanol–water partition coefficient (Wildman–Crippen LogP) is 6.87. The zero-order valence-electron chi connectivity index (χ0n) is 16.7. The van der Waals surface area contributed by atoms with Crippen LogP contribution >= 0.6 is 39.1 Å². The number of aryl methyl sites for hydroxylation is 1. The average Bonchev–Trinajstić information content (AvgIpc) is 3.18. The minimum absolute atomic E-state index is 0.0361. The first-order chi connectivity index (χ1) is 14.8. The number of aromatic nitrogens is 3.